The first-order valence-corrected chi connectivity index (χ1v) is 6.57. The van der Waals surface area contributed by atoms with Gasteiger partial charge in [-0.25, -0.2) is 0 Å². The molecular weight excluding hydrogens is 269 g/mol. The van der Waals surface area contributed by atoms with E-state index in [1.165, 1.54) is 12.1 Å². The summed E-state index contributed by atoms with van der Waals surface area (Å²) < 4.78 is 37.1. The van der Waals surface area contributed by atoms with Crippen LogP contribution in [0.25, 0.3) is 0 Å². The molecule has 20 heavy (non-hydrogen) atoms. The Kier molecular flexibility index (Phi) is 6.51. The standard InChI is InChI=1S/C14H19F3N2O/c1-2-18-8-3-9-19-13(20)10-11-4-6-12(7-5-11)14(15,16)17/h4-7,18H,2-3,8-10H2,1H3,(H,19,20). The molecule has 0 atom stereocenters. The van der Waals surface area contributed by atoms with Crippen molar-refractivity contribution in [2.45, 2.75) is 25.9 Å². The largest absolute Gasteiger partial charge is 0.416 e. The Morgan fingerprint density at radius 3 is 2.35 bits per heavy atom. The lowest BCUT2D eigenvalue weighted by Crippen LogP contribution is -2.28. The summed E-state index contributed by atoms with van der Waals surface area (Å²) in [7, 11) is 0. The van der Waals surface area contributed by atoms with Crippen molar-refractivity contribution in [2.24, 2.45) is 0 Å². The quantitative estimate of drug-likeness (QED) is 0.756. The van der Waals surface area contributed by atoms with Crippen LogP contribution in [-0.2, 0) is 17.4 Å². The molecule has 0 bridgehead atoms. The van der Waals surface area contributed by atoms with Crippen molar-refractivity contribution >= 4 is 5.91 Å². The van der Waals surface area contributed by atoms with E-state index < -0.39 is 11.7 Å². The van der Waals surface area contributed by atoms with Crippen molar-refractivity contribution in [1.82, 2.24) is 10.6 Å². The van der Waals surface area contributed by atoms with Crippen LogP contribution < -0.4 is 10.6 Å². The minimum atomic E-state index is -4.34. The predicted octanol–water partition coefficient (Wildman–Crippen LogP) is 2.36. The van der Waals surface area contributed by atoms with Crippen LogP contribution in [0.4, 0.5) is 13.2 Å². The highest BCUT2D eigenvalue weighted by Gasteiger charge is 2.29. The van der Waals surface area contributed by atoms with E-state index in [-0.39, 0.29) is 12.3 Å². The Morgan fingerprint density at radius 1 is 1.15 bits per heavy atom. The molecule has 0 saturated heterocycles. The van der Waals surface area contributed by atoms with E-state index in [4.69, 9.17) is 0 Å². The van der Waals surface area contributed by atoms with Gasteiger partial charge in [-0.15, -0.1) is 0 Å². The maximum absolute atomic E-state index is 12.4. The summed E-state index contributed by atoms with van der Waals surface area (Å²) in [5.41, 5.74) is -0.130. The normalized spacial score (nSPS) is 11.4. The zero-order valence-electron chi connectivity index (χ0n) is 11.4. The highest BCUT2D eigenvalue weighted by atomic mass is 19.4. The molecule has 6 heteroatoms. The predicted molar refractivity (Wildman–Crippen MR) is 71.3 cm³/mol. The van der Waals surface area contributed by atoms with Gasteiger partial charge < -0.3 is 10.6 Å². The van der Waals surface area contributed by atoms with Gasteiger partial charge in [0.1, 0.15) is 0 Å². The number of benzene rings is 1. The van der Waals surface area contributed by atoms with Crippen LogP contribution in [0.3, 0.4) is 0 Å². The van der Waals surface area contributed by atoms with Crippen LogP contribution in [0, 0.1) is 0 Å². The highest BCUT2D eigenvalue weighted by Crippen LogP contribution is 2.29. The smallest absolute Gasteiger partial charge is 0.356 e. The summed E-state index contributed by atoms with van der Waals surface area (Å²) in [5, 5.41) is 5.87. The number of carbonyl (C=O) groups is 1. The summed E-state index contributed by atoms with van der Waals surface area (Å²) in [6.07, 6.45) is -3.42. The molecule has 0 aliphatic rings. The molecule has 1 aromatic carbocycles. The van der Waals surface area contributed by atoms with E-state index in [1.807, 2.05) is 6.92 Å². The number of halogens is 3. The fourth-order valence-electron chi connectivity index (χ4n) is 1.68. The average molecular weight is 288 g/mol. The average Bonchev–Trinajstić information content (AvgIpc) is 2.38. The molecule has 0 unspecified atom stereocenters. The van der Waals surface area contributed by atoms with E-state index in [2.05, 4.69) is 10.6 Å². The molecule has 0 saturated carbocycles. The molecule has 1 aromatic rings. The van der Waals surface area contributed by atoms with Gasteiger partial charge in [0.05, 0.1) is 12.0 Å². The first-order chi connectivity index (χ1) is 9.43. The second-order valence-electron chi connectivity index (χ2n) is 4.43. The Hall–Kier alpha value is -1.56. The van der Waals surface area contributed by atoms with Crippen molar-refractivity contribution in [3.05, 3.63) is 35.4 Å². The molecule has 3 nitrogen and oxygen atoms in total. The summed E-state index contributed by atoms with van der Waals surface area (Å²) in [6, 6.07) is 4.66. The van der Waals surface area contributed by atoms with Gasteiger partial charge in [-0.1, -0.05) is 19.1 Å². The van der Waals surface area contributed by atoms with Gasteiger partial charge in [0, 0.05) is 6.54 Å². The lowest BCUT2D eigenvalue weighted by Gasteiger charge is -2.08. The lowest BCUT2D eigenvalue weighted by molar-refractivity contribution is -0.137. The molecule has 112 valence electrons. The van der Waals surface area contributed by atoms with Crippen molar-refractivity contribution in [2.75, 3.05) is 19.6 Å². The Bertz CT molecular complexity index is 415. The van der Waals surface area contributed by atoms with Gasteiger partial charge in [0.2, 0.25) is 5.91 Å². The molecular formula is C14H19F3N2O. The number of rotatable bonds is 7. The Labute approximate surface area is 116 Å². The van der Waals surface area contributed by atoms with Crippen molar-refractivity contribution in [3.8, 4) is 0 Å². The maximum atomic E-state index is 12.4. The van der Waals surface area contributed by atoms with Gasteiger partial charge in [-0.3, -0.25) is 4.79 Å². The lowest BCUT2D eigenvalue weighted by atomic mass is 10.1. The molecule has 0 spiro atoms. The van der Waals surface area contributed by atoms with Crippen LogP contribution in [0.2, 0.25) is 0 Å². The van der Waals surface area contributed by atoms with Gasteiger partial charge in [0.15, 0.2) is 0 Å². The molecule has 0 heterocycles. The number of hydrogen-bond donors (Lipinski definition) is 2. The Balaban J connectivity index is 2.35. The van der Waals surface area contributed by atoms with Gasteiger partial charge >= 0.3 is 6.18 Å². The fourth-order valence-corrected chi connectivity index (χ4v) is 1.68. The van der Waals surface area contributed by atoms with E-state index in [0.717, 1.165) is 31.6 Å². The third kappa shape index (κ3) is 6.06. The molecule has 0 aliphatic carbocycles. The van der Waals surface area contributed by atoms with Gasteiger partial charge in [-0.05, 0) is 37.2 Å². The zero-order valence-corrected chi connectivity index (χ0v) is 11.4. The fraction of sp³-hybridized carbons (Fsp3) is 0.500. The van der Waals surface area contributed by atoms with E-state index in [0.29, 0.717) is 12.1 Å². The molecule has 0 aliphatic heterocycles. The van der Waals surface area contributed by atoms with Crippen LogP contribution in [0.15, 0.2) is 24.3 Å². The second-order valence-corrected chi connectivity index (χ2v) is 4.43. The first-order valence-electron chi connectivity index (χ1n) is 6.57. The topological polar surface area (TPSA) is 41.1 Å². The van der Waals surface area contributed by atoms with Crippen LogP contribution in [-0.4, -0.2) is 25.5 Å². The molecule has 0 radical (unpaired) electrons. The second kappa shape index (κ2) is 7.89. The van der Waals surface area contributed by atoms with Crippen LogP contribution in [0.1, 0.15) is 24.5 Å². The number of nitrogens with one attached hydrogen (secondary N) is 2. The van der Waals surface area contributed by atoms with E-state index in [1.54, 1.807) is 0 Å². The molecule has 1 rings (SSSR count). The van der Waals surface area contributed by atoms with Gasteiger partial charge in [0.25, 0.3) is 0 Å². The minimum absolute atomic E-state index is 0.0966. The number of amides is 1. The van der Waals surface area contributed by atoms with Gasteiger partial charge in [-0.2, -0.15) is 13.2 Å². The van der Waals surface area contributed by atoms with Crippen molar-refractivity contribution in [1.29, 1.82) is 0 Å². The number of carbonyl (C=O) groups excluding carboxylic acids is 1. The van der Waals surface area contributed by atoms with Crippen LogP contribution in [0.5, 0.6) is 0 Å². The van der Waals surface area contributed by atoms with Crippen LogP contribution >= 0.6 is 0 Å². The molecule has 2 N–H and O–H groups in total. The van der Waals surface area contributed by atoms with E-state index >= 15 is 0 Å². The number of alkyl halides is 3. The highest BCUT2D eigenvalue weighted by molar-refractivity contribution is 5.78. The van der Waals surface area contributed by atoms with E-state index in [9.17, 15) is 18.0 Å². The maximum Gasteiger partial charge on any atom is 0.416 e. The minimum Gasteiger partial charge on any atom is -0.356 e. The monoisotopic (exact) mass is 288 g/mol. The Morgan fingerprint density at radius 2 is 1.80 bits per heavy atom. The summed E-state index contributed by atoms with van der Waals surface area (Å²) in [5.74, 6) is -0.179. The van der Waals surface area contributed by atoms with Crippen molar-refractivity contribution in [3.63, 3.8) is 0 Å². The third-order valence-electron chi connectivity index (χ3n) is 2.75. The molecule has 0 aromatic heterocycles. The third-order valence-corrected chi connectivity index (χ3v) is 2.75. The first kappa shape index (κ1) is 16.5. The summed E-state index contributed by atoms with van der Waals surface area (Å²) in [6.45, 7) is 4.28. The summed E-state index contributed by atoms with van der Waals surface area (Å²) in [4.78, 5) is 11.6. The zero-order chi connectivity index (χ0) is 15.0. The number of hydrogen-bond acceptors (Lipinski definition) is 2. The molecule has 0 fully saturated rings. The summed E-state index contributed by atoms with van der Waals surface area (Å²) >= 11 is 0. The van der Waals surface area contributed by atoms with Crippen molar-refractivity contribution < 1.29 is 18.0 Å². The molecule has 1 amide bonds. The SMILES string of the molecule is CCNCCCNC(=O)Cc1ccc(C(F)(F)F)cc1.